The van der Waals surface area contributed by atoms with Gasteiger partial charge in [-0.15, -0.1) is 10.2 Å². The Balaban J connectivity index is 1.79. The van der Waals surface area contributed by atoms with Gasteiger partial charge in [-0.3, -0.25) is 14.2 Å². The molecule has 0 aliphatic carbocycles. The SMILES string of the molecule is Cc1ccc(-n2cnnc2)c(C(=O)N2CCC(C(=O)N(C)C)CC2)c1. The molecule has 3 rings (SSSR count). The molecule has 1 aliphatic heterocycles. The highest BCUT2D eigenvalue weighted by Gasteiger charge is 2.29. The molecule has 1 fully saturated rings. The molecule has 25 heavy (non-hydrogen) atoms. The summed E-state index contributed by atoms with van der Waals surface area (Å²) in [6, 6.07) is 5.77. The summed E-state index contributed by atoms with van der Waals surface area (Å²) < 4.78 is 1.75. The smallest absolute Gasteiger partial charge is 0.255 e. The number of carbonyl (C=O) groups excluding carboxylic acids is 2. The van der Waals surface area contributed by atoms with E-state index in [2.05, 4.69) is 10.2 Å². The van der Waals surface area contributed by atoms with Crippen molar-refractivity contribution in [3.05, 3.63) is 42.0 Å². The van der Waals surface area contributed by atoms with Crippen molar-refractivity contribution in [1.82, 2.24) is 24.6 Å². The van der Waals surface area contributed by atoms with Crippen LogP contribution in [0.1, 0.15) is 28.8 Å². The summed E-state index contributed by atoms with van der Waals surface area (Å²) in [6.07, 6.45) is 4.58. The number of hydrogen-bond acceptors (Lipinski definition) is 4. The molecule has 1 saturated heterocycles. The molecule has 2 heterocycles. The summed E-state index contributed by atoms with van der Waals surface area (Å²) >= 11 is 0. The Morgan fingerprint density at radius 3 is 2.36 bits per heavy atom. The van der Waals surface area contributed by atoms with Crippen molar-refractivity contribution >= 4 is 11.8 Å². The largest absolute Gasteiger partial charge is 0.349 e. The van der Waals surface area contributed by atoms with Gasteiger partial charge in [-0.2, -0.15) is 0 Å². The second-order valence-electron chi connectivity index (χ2n) is 6.69. The van der Waals surface area contributed by atoms with Crippen LogP contribution in [0.3, 0.4) is 0 Å². The second-order valence-corrected chi connectivity index (χ2v) is 6.69. The van der Waals surface area contributed by atoms with Crippen LogP contribution in [0.4, 0.5) is 0 Å². The highest BCUT2D eigenvalue weighted by Crippen LogP contribution is 2.23. The lowest BCUT2D eigenvalue weighted by Crippen LogP contribution is -2.43. The maximum atomic E-state index is 13.1. The van der Waals surface area contributed by atoms with Gasteiger partial charge in [0, 0.05) is 33.1 Å². The predicted octanol–water partition coefficient (Wildman–Crippen LogP) is 1.52. The molecule has 7 nitrogen and oxygen atoms in total. The molecule has 0 saturated carbocycles. The fourth-order valence-corrected chi connectivity index (χ4v) is 3.24. The Hall–Kier alpha value is -2.70. The van der Waals surface area contributed by atoms with E-state index in [1.54, 1.807) is 36.2 Å². The maximum absolute atomic E-state index is 13.1. The van der Waals surface area contributed by atoms with Crippen LogP contribution in [0.2, 0.25) is 0 Å². The number of benzene rings is 1. The summed E-state index contributed by atoms with van der Waals surface area (Å²) in [6.45, 7) is 3.16. The Kier molecular flexibility index (Phi) is 4.83. The molecular weight excluding hydrogens is 318 g/mol. The first kappa shape index (κ1) is 17.1. The number of likely N-dealkylation sites (tertiary alicyclic amines) is 1. The first-order chi connectivity index (χ1) is 12.0. The zero-order chi connectivity index (χ0) is 18.0. The van der Waals surface area contributed by atoms with E-state index in [-0.39, 0.29) is 17.7 Å². The standard InChI is InChI=1S/C18H23N5O2/c1-13-4-5-16(23-11-19-20-12-23)15(10-13)18(25)22-8-6-14(7-9-22)17(24)21(2)3/h4-5,10-12,14H,6-9H2,1-3H3. The monoisotopic (exact) mass is 341 g/mol. The predicted molar refractivity (Wildman–Crippen MR) is 93.4 cm³/mol. The molecule has 1 aromatic heterocycles. The second kappa shape index (κ2) is 7.04. The van der Waals surface area contributed by atoms with Crippen LogP contribution >= 0.6 is 0 Å². The average molecular weight is 341 g/mol. The lowest BCUT2D eigenvalue weighted by molar-refractivity contribution is -0.134. The van der Waals surface area contributed by atoms with E-state index >= 15 is 0 Å². The van der Waals surface area contributed by atoms with E-state index in [9.17, 15) is 9.59 Å². The molecule has 0 spiro atoms. The van der Waals surface area contributed by atoms with Gasteiger partial charge in [-0.05, 0) is 31.9 Å². The Morgan fingerprint density at radius 1 is 1.12 bits per heavy atom. The number of hydrogen-bond donors (Lipinski definition) is 0. The highest BCUT2D eigenvalue weighted by atomic mass is 16.2. The molecule has 0 N–H and O–H groups in total. The molecule has 7 heteroatoms. The van der Waals surface area contributed by atoms with E-state index in [1.165, 1.54) is 0 Å². The van der Waals surface area contributed by atoms with Crippen LogP contribution in [-0.2, 0) is 4.79 Å². The van der Waals surface area contributed by atoms with Crippen LogP contribution in [0.5, 0.6) is 0 Å². The van der Waals surface area contributed by atoms with Crippen LogP contribution < -0.4 is 0 Å². The minimum Gasteiger partial charge on any atom is -0.349 e. The summed E-state index contributed by atoms with van der Waals surface area (Å²) in [5.41, 5.74) is 2.43. The molecular formula is C18H23N5O2. The zero-order valence-electron chi connectivity index (χ0n) is 14.8. The number of nitrogens with zero attached hydrogens (tertiary/aromatic N) is 5. The first-order valence-electron chi connectivity index (χ1n) is 8.43. The van der Waals surface area contributed by atoms with Gasteiger partial charge in [0.25, 0.3) is 5.91 Å². The van der Waals surface area contributed by atoms with E-state index in [0.717, 1.165) is 11.3 Å². The van der Waals surface area contributed by atoms with Crippen molar-refractivity contribution in [2.45, 2.75) is 19.8 Å². The Labute approximate surface area is 147 Å². The topological polar surface area (TPSA) is 71.3 Å². The minimum absolute atomic E-state index is 0.00822. The van der Waals surface area contributed by atoms with E-state index in [4.69, 9.17) is 0 Å². The maximum Gasteiger partial charge on any atom is 0.255 e. The zero-order valence-corrected chi connectivity index (χ0v) is 14.8. The molecule has 1 aromatic carbocycles. The van der Waals surface area contributed by atoms with Gasteiger partial charge in [-0.25, -0.2) is 0 Å². The molecule has 0 radical (unpaired) electrons. The molecule has 132 valence electrons. The van der Waals surface area contributed by atoms with Crippen molar-refractivity contribution in [2.24, 2.45) is 5.92 Å². The summed E-state index contributed by atoms with van der Waals surface area (Å²) in [5, 5.41) is 7.65. The normalized spacial score (nSPS) is 15.2. The van der Waals surface area contributed by atoms with Gasteiger partial charge in [-0.1, -0.05) is 11.6 Å². The molecule has 2 amide bonds. The molecule has 1 aliphatic rings. The number of aryl methyl sites for hydroxylation is 1. The minimum atomic E-state index is -0.0110. The number of piperidine rings is 1. The summed E-state index contributed by atoms with van der Waals surface area (Å²) in [7, 11) is 3.55. The van der Waals surface area contributed by atoms with E-state index < -0.39 is 0 Å². The van der Waals surface area contributed by atoms with Crippen LogP contribution in [0, 0.1) is 12.8 Å². The fraction of sp³-hybridized carbons (Fsp3) is 0.444. The molecule has 2 aromatic rings. The average Bonchev–Trinajstić information content (AvgIpc) is 3.15. The number of amides is 2. The molecule has 0 atom stereocenters. The van der Waals surface area contributed by atoms with Gasteiger partial charge in [0.1, 0.15) is 12.7 Å². The third kappa shape index (κ3) is 3.55. The first-order valence-corrected chi connectivity index (χ1v) is 8.43. The summed E-state index contributed by atoms with van der Waals surface area (Å²) in [4.78, 5) is 28.6. The lowest BCUT2D eigenvalue weighted by Gasteiger charge is -2.33. The quantitative estimate of drug-likeness (QED) is 0.848. The van der Waals surface area contributed by atoms with E-state index in [1.807, 2.05) is 30.0 Å². The lowest BCUT2D eigenvalue weighted by atomic mass is 9.95. The Bertz CT molecular complexity index is 762. The van der Waals surface area contributed by atoms with Gasteiger partial charge >= 0.3 is 0 Å². The number of carbonyl (C=O) groups is 2. The van der Waals surface area contributed by atoms with E-state index in [0.29, 0.717) is 31.5 Å². The van der Waals surface area contributed by atoms with Crippen LogP contribution in [0.15, 0.2) is 30.9 Å². The fourth-order valence-electron chi connectivity index (χ4n) is 3.24. The van der Waals surface area contributed by atoms with Gasteiger partial charge in [0.15, 0.2) is 0 Å². The molecule has 0 bridgehead atoms. The van der Waals surface area contributed by atoms with Crippen molar-refractivity contribution < 1.29 is 9.59 Å². The van der Waals surface area contributed by atoms with Gasteiger partial charge < -0.3 is 9.80 Å². The Morgan fingerprint density at radius 2 is 1.76 bits per heavy atom. The number of rotatable bonds is 3. The third-order valence-corrected chi connectivity index (χ3v) is 4.65. The van der Waals surface area contributed by atoms with Gasteiger partial charge in [0.2, 0.25) is 5.91 Å². The number of aromatic nitrogens is 3. The highest BCUT2D eigenvalue weighted by molar-refractivity contribution is 5.98. The van der Waals surface area contributed by atoms with Crippen molar-refractivity contribution in [1.29, 1.82) is 0 Å². The van der Waals surface area contributed by atoms with Crippen molar-refractivity contribution in [3.8, 4) is 5.69 Å². The molecule has 0 unspecified atom stereocenters. The summed E-state index contributed by atoms with van der Waals surface area (Å²) in [5.74, 6) is 0.143. The van der Waals surface area contributed by atoms with Crippen molar-refractivity contribution in [2.75, 3.05) is 27.2 Å². The van der Waals surface area contributed by atoms with Crippen LogP contribution in [-0.4, -0.2) is 63.6 Å². The third-order valence-electron chi connectivity index (χ3n) is 4.65. The van der Waals surface area contributed by atoms with Gasteiger partial charge in [0.05, 0.1) is 11.3 Å². The van der Waals surface area contributed by atoms with Crippen LogP contribution in [0.25, 0.3) is 5.69 Å². The van der Waals surface area contributed by atoms with Crippen molar-refractivity contribution in [3.63, 3.8) is 0 Å².